The molecule has 1 aliphatic carbocycles. The first kappa shape index (κ1) is 13.9. The van der Waals surface area contributed by atoms with Gasteiger partial charge in [-0.3, -0.25) is 0 Å². The molecular formula is C17H25FN2. The van der Waals surface area contributed by atoms with Gasteiger partial charge in [-0.15, -0.1) is 0 Å². The molecule has 0 radical (unpaired) electrons. The van der Waals surface area contributed by atoms with E-state index in [2.05, 4.69) is 10.6 Å². The SMILES string of the molecule is Cc1ccc(F)c(NC2CCCC2C2CCCCN2)c1. The van der Waals surface area contributed by atoms with Gasteiger partial charge in [0, 0.05) is 12.1 Å². The summed E-state index contributed by atoms with van der Waals surface area (Å²) in [7, 11) is 0. The van der Waals surface area contributed by atoms with E-state index in [4.69, 9.17) is 0 Å². The third-order valence-electron chi connectivity index (χ3n) is 4.90. The van der Waals surface area contributed by atoms with E-state index in [-0.39, 0.29) is 5.82 Å². The fourth-order valence-electron chi connectivity index (χ4n) is 3.84. The summed E-state index contributed by atoms with van der Waals surface area (Å²) in [6.45, 7) is 3.16. The Kier molecular flexibility index (Phi) is 4.25. The predicted octanol–water partition coefficient (Wildman–Crippen LogP) is 3.86. The zero-order valence-corrected chi connectivity index (χ0v) is 12.3. The van der Waals surface area contributed by atoms with Crippen molar-refractivity contribution in [3.05, 3.63) is 29.6 Å². The third-order valence-corrected chi connectivity index (χ3v) is 4.90. The average molecular weight is 276 g/mol. The van der Waals surface area contributed by atoms with Gasteiger partial charge in [0.25, 0.3) is 0 Å². The van der Waals surface area contributed by atoms with Crippen LogP contribution in [0.15, 0.2) is 18.2 Å². The minimum atomic E-state index is -0.127. The van der Waals surface area contributed by atoms with Crippen LogP contribution in [0.5, 0.6) is 0 Å². The van der Waals surface area contributed by atoms with E-state index >= 15 is 0 Å². The predicted molar refractivity (Wildman–Crippen MR) is 81.5 cm³/mol. The fourth-order valence-corrected chi connectivity index (χ4v) is 3.84. The lowest BCUT2D eigenvalue weighted by molar-refractivity contribution is 0.286. The normalized spacial score (nSPS) is 30.4. The summed E-state index contributed by atoms with van der Waals surface area (Å²) in [5.74, 6) is 0.521. The van der Waals surface area contributed by atoms with Crippen molar-refractivity contribution >= 4 is 5.69 Å². The Labute approximate surface area is 121 Å². The molecule has 20 heavy (non-hydrogen) atoms. The van der Waals surface area contributed by atoms with Gasteiger partial charge in [-0.25, -0.2) is 4.39 Å². The monoisotopic (exact) mass is 276 g/mol. The summed E-state index contributed by atoms with van der Waals surface area (Å²) in [6, 6.07) is 6.37. The third kappa shape index (κ3) is 2.98. The zero-order chi connectivity index (χ0) is 13.9. The van der Waals surface area contributed by atoms with Gasteiger partial charge in [0.2, 0.25) is 0 Å². The van der Waals surface area contributed by atoms with E-state index in [9.17, 15) is 4.39 Å². The van der Waals surface area contributed by atoms with Gasteiger partial charge in [-0.2, -0.15) is 0 Å². The van der Waals surface area contributed by atoms with Crippen molar-refractivity contribution in [1.29, 1.82) is 0 Å². The van der Waals surface area contributed by atoms with E-state index < -0.39 is 0 Å². The van der Waals surface area contributed by atoms with E-state index in [1.807, 2.05) is 19.1 Å². The number of aryl methyl sites for hydroxylation is 1. The molecule has 0 spiro atoms. The van der Waals surface area contributed by atoms with Crippen molar-refractivity contribution in [2.45, 2.75) is 57.5 Å². The molecule has 1 aromatic carbocycles. The summed E-state index contributed by atoms with van der Waals surface area (Å²) >= 11 is 0. The van der Waals surface area contributed by atoms with E-state index in [1.165, 1.54) is 32.1 Å². The fraction of sp³-hybridized carbons (Fsp3) is 0.647. The van der Waals surface area contributed by atoms with Crippen LogP contribution in [0.3, 0.4) is 0 Å². The van der Waals surface area contributed by atoms with Crippen LogP contribution in [0.1, 0.15) is 44.1 Å². The second-order valence-corrected chi connectivity index (χ2v) is 6.39. The number of halogens is 1. The lowest BCUT2D eigenvalue weighted by atomic mass is 9.88. The Morgan fingerprint density at radius 2 is 2.05 bits per heavy atom. The van der Waals surface area contributed by atoms with Crippen molar-refractivity contribution in [3.8, 4) is 0 Å². The Hall–Kier alpha value is -1.09. The average Bonchev–Trinajstić information content (AvgIpc) is 2.92. The topological polar surface area (TPSA) is 24.1 Å². The molecule has 0 bridgehead atoms. The van der Waals surface area contributed by atoms with Crippen molar-refractivity contribution < 1.29 is 4.39 Å². The molecule has 1 aliphatic heterocycles. The molecule has 3 unspecified atom stereocenters. The second-order valence-electron chi connectivity index (χ2n) is 6.39. The molecule has 2 fully saturated rings. The van der Waals surface area contributed by atoms with E-state index in [1.54, 1.807) is 6.07 Å². The molecular weight excluding hydrogens is 251 g/mol. The first-order valence-electron chi connectivity index (χ1n) is 8.00. The van der Waals surface area contributed by atoms with Gasteiger partial charge >= 0.3 is 0 Å². The van der Waals surface area contributed by atoms with Crippen molar-refractivity contribution in [1.82, 2.24) is 5.32 Å². The molecule has 2 aliphatic rings. The Morgan fingerprint density at radius 1 is 1.15 bits per heavy atom. The summed E-state index contributed by atoms with van der Waals surface area (Å²) in [5, 5.41) is 7.15. The van der Waals surface area contributed by atoms with Gasteiger partial charge in [0.15, 0.2) is 0 Å². The molecule has 3 rings (SSSR count). The number of piperidine rings is 1. The molecule has 1 saturated heterocycles. The maximum atomic E-state index is 13.9. The molecule has 1 saturated carbocycles. The number of hydrogen-bond acceptors (Lipinski definition) is 2. The van der Waals surface area contributed by atoms with Crippen LogP contribution < -0.4 is 10.6 Å². The number of hydrogen-bond donors (Lipinski definition) is 2. The smallest absolute Gasteiger partial charge is 0.146 e. The molecule has 0 aromatic heterocycles. The lowest BCUT2D eigenvalue weighted by Gasteiger charge is -2.33. The molecule has 110 valence electrons. The maximum Gasteiger partial charge on any atom is 0.146 e. The standard InChI is InChI=1S/C17H25FN2/c1-12-8-9-14(18)17(11-12)20-16-7-4-5-13(16)15-6-2-3-10-19-15/h8-9,11,13,15-16,19-20H,2-7,10H2,1H3. The Bertz CT molecular complexity index is 454. The largest absolute Gasteiger partial charge is 0.380 e. The summed E-state index contributed by atoms with van der Waals surface area (Å²) < 4.78 is 13.9. The first-order chi connectivity index (χ1) is 9.74. The number of nitrogens with one attached hydrogen (secondary N) is 2. The van der Waals surface area contributed by atoms with Gasteiger partial charge in [0.1, 0.15) is 5.82 Å². The lowest BCUT2D eigenvalue weighted by Crippen LogP contribution is -2.44. The van der Waals surface area contributed by atoms with Crippen LogP contribution in [-0.4, -0.2) is 18.6 Å². The minimum Gasteiger partial charge on any atom is -0.380 e. The van der Waals surface area contributed by atoms with Gasteiger partial charge in [-0.1, -0.05) is 18.9 Å². The van der Waals surface area contributed by atoms with Crippen LogP contribution in [0, 0.1) is 18.7 Å². The molecule has 0 amide bonds. The minimum absolute atomic E-state index is 0.127. The van der Waals surface area contributed by atoms with Gasteiger partial charge in [0.05, 0.1) is 5.69 Å². The van der Waals surface area contributed by atoms with E-state index in [0.29, 0.717) is 23.7 Å². The van der Waals surface area contributed by atoms with Crippen molar-refractivity contribution in [2.75, 3.05) is 11.9 Å². The molecule has 1 heterocycles. The summed E-state index contributed by atoms with van der Waals surface area (Å²) in [5.41, 5.74) is 1.79. The second kappa shape index (κ2) is 6.13. The number of benzene rings is 1. The molecule has 3 heteroatoms. The Morgan fingerprint density at radius 3 is 2.85 bits per heavy atom. The first-order valence-corrected chi connectivity index (χ1v) is 8.00. The Balaban J connectivity index is 1.70. The molecule has 1 aromatic rings. The quantitative estimate of drug-likeness (QED) is 0.876. The highest BCUT2D eigenvalue weighted by Gasteiger charge is 2.34. The van der Waals surface area contributed by atoms with Crippen LogP contribution in [-0.2, 0) is 0 Å². The highest BCUT2D eigenvalue weighted by molar-refractivity contribution is 5.48. The molecule has 3 atom stereocenters. The number of rotatable bonds is 3. The van der Waals surface area contributed by atoms with Crippen LogP contribution >= 0.6 is 0 Å². The van der Waals surface area contributed by atoms with Gasteiger partial charge in [-0.05, 0) is 62.8 Å². The van der Waals surface area contributed by atoms with Crippen molar-refractivity contribution in [3.63, 3.8) is 0 Å². The summed E-state index contributed by atoms with van der Waals surface area (Å²) in [4.78, 5) is 0. The molecule has 2 nitrogen and oxygen atoms in total. The summed E-state index contributed by atoms with van der Waals surface area (Å²) in [6.07, 6.45) is 7.60. The molecule has 2 N–H and O–H groups in total. The van der Waals surface area contributed by atoms with Crippen LogP contribution in [0.25, 0.3) is 0 Å². The maximum absolute atomic E-state index is 13.9. The van der Waals surface area contributed by atoms with Crippen LogP contribution in [0.4, 0.5) is 10.1 Å². The van der Waals surface area contributed by atoms with Crippen molar-refractivity contribution in [2.24, 2.45) is 5.92 Å². The highest BCUT2D eigenvalue weighted by Crippen LogP contribution is 2.34. The van der Waals surface area contributed by atoms with Gasteiger partial charge < -0.3 is 10.6 Å². The highest BCUT2D eigenvalue weighted by atomic mass is 19.1. The van der Waals surface area contributed by atoms with Crippen LogP contribution in [0.2, 0.25) is 0 Å². The number of anilines is 1. The van der Waals surface area contributed by atoms with E-state index in [0.717, 1.165) is 18.5 Å². The zero-order valence-electron chi connectivity index (χ0n) is 12.3.